The number of nitrogens with two attached hydrogens (primary N) is 1. The number of ether oxygens (including phenoxy) is 1. The number of rotatable bonds is 3. The Morgan fingerprint density at radius 3 is 2.40 bits per heavy atom. The molecule has 0 saturated carbocycles. The molecule has 1 saturated heterocycles. The third-order valence-corrected chi connectivity index (χ3v) is 4.32. The van der Waals surface area contributed by atoms with Crippen LogP contribution in [0.25, 0.3) is 0 Å². The lowest BCUT2D eigenvalue weighted by Crippen LogP contribution is -2.44. The molecule has 1 aliphatic heterocycles. The standard InChI is InChI=1S/C18H25F3N2O2/c1-17(2,3)25-16(24)23-9-7-13(8-10-23)18(20,21)14-6-4-5-12(11-22)15(14)19/h4-6,13H,7-11,22H2,1-3H3. The topological polar surface area (TPSA) is 55.6 Å². The molecular formula is C18H25F3N2O2. The molecule has 1 fully saturated rings. The van der Waals surface area contributed by atoms with E-state index in [9.17, 15) is 18.0 Å². The van der Waals surface area contributed by atoms with Gasteiger partial charge in [0.25, 0.3) is 5.92 Å². The summed E-state index contributed by atoms with van der Waals surface area (Å²) in [6.07, 6.45) is -0.345. The van der Waals surface area contributed by atoms with Gasteiger partial charge in [-0.2, -0.15) is 0 Å². The summed E-state index contributed by atoms with van der Waals surface area (Å²) in [5.41, 5.74) is 4.22. The van der Waals surface area contributed by atoms with E-state index in [1.165, 1.54) is 17.0 Å². The van der Waals surface area contributed by atoms with E-state index in [0.29, 0.717) is 0 Å². The maximum Gasteiger partial charge on any atom is 0.410 e. The van der Waals surface area contributed by atoms with Crippen LogP contribution in [0, 0.1) is 11.7 Å². The number of amides is 1. The number of nitrogens with zero attached hydrogens (tertiary/aromatic N) is 1. The van der Waals surface area contributed by atoms with E-state index >= 15 is 0 Å². The molecule has 0 aromatic heterocycles. The molecule has 1 aromatic rings. The Kier molecular flexibility index (Phi) is 5.66. The maximum absolute atomic E-state index is 14.8. The van der Waals surface area contributed by atoms with Crippen LogP contribution in [0.2, 0.25) is 0 Å². The highest BCUT2D eigenvalue weighted by Gasteiger charge is 2.45. The molecule has 1 aliphatic rings. The van der Waals surface area contributed by atoms with Crippen molar-refractivity contribution in [1.82, 2.24) is 4.90 Å². The second-order valence-electron chi connectivity index (χ2n) is 7.35. The highest BCUT2D eigenvalue weighted by molar-refractivity contribution is 5.68. The number of carbonyl (C=O) groups is 1. The smallest absolute Gasteiger partial charge is 0.410 e. The van der Waals surface area contributed by atoms with Gasteiger partial charge in [-0.25, -0.2) is 18.0 Å². The Balaban J connectivity index is 2.08. The molecule has 0 unspecified atom stereocenters. The van der Waals surface area contributed by atoms with E-state index < -0.39 is 34.9 Å². The van der Waals surface area contributed by atoms with E-state index in [1.54, 1.807) is 20.8 Å². The quantitative estimate of drug-likeness (QED) is 0.888. The van der Waals surface area contributed by atoms with Crippen LogP contribution in [-0.4, -0.2) is 29.7 Å². The molecule has 0 bridgehead atoms. The largest absolute Gasteiger partial charge is 0.444 e. The number of piperidine rings is 1. The van der Waals surface area contributed by atoms with Gasteiger partial charge in [-0.1, -0.05) is 18.2 Å². The summed E-state index contributed by atoms with van der Waals surface area (Å²) in [7, 11) is 0. The van der Waals surface area contributed by atoms with Crippen molar-refractivity contribution in [2.45, 2.75) is 51.7 Å². The number of benzene rings is 1. The van der Waals surface area contributed by atoms with Gasteiger partial charge < -0.3 is 15.4 Å². The van der Waals surface area contributed by atoms with E-state index in [0.717, 1.165) is 6.07 Å². The van der Waals surface area contributed by atoms with Crippen LogP contribution in [0.5, 0.6) is 0 Å². The average Bonchev–Trinajstić information content (AvgIpc) is 2.53. The summed E-state index contributed by atoms with van der Waals surface area (Å²) in [5, 5.41) is 0. The van der Waals surface area contributed by atoms with Crippen LogP contribution in [0.3, 0.4) is 0 Å². The van der Waals surface area contributed by atoms with Crippen molar-refractivity contribution >= 4 is 6.09 Å². The molecule has 0 atom stereocenters. The average molecular weight is 358 g/mol. The number of alkyl halides is 2. The van der Waals surface area contributed by atoms with Crippen molar-refractivity contribution < 1.29 is 22.7 Å². The van der Waals surface area contributed by atoms with Gasteiger partial charge in [-0.3, -0.25) is 0 Å². The van der Waals surface area contributed by atoms with Gasteiger partial charge in [0.2, 0.25) is 0 Å². The molecule has 0 aliphatic carbocycles. The van der Waals surface area contributed by atoms with Crippen molar-refractivity contribution in [3.63, 3.8) is 0 Å². The first-order valence-corrected chi connectivity index (χ1v) is 8.40. The minimum atomic E-state index is -3.31. The highest BCUT2D eigenvalue weighted by atomic mass is 19.3. The highest BCUT2D eigenvalue weighted by Crippen LogP contribution is 2.43. The zero-order valence-electron chi connectivity index (χ0n) is 14.8. The summed E-state index contributed by atoms with van der Waals surface area (Å²) in [4.78, 5) is 13.4. The second-order valence-corrected chi connectivity index (χ2v) is 7.35. The van der Waals surface area contributed by atoms with Crippen molar-refractivity contribution in [3.8, 4) is 0 Å². The third-order valence-electron chi connectivity index (χ3n) is 4.32. The molecule has 1 heterocycles. The first-order valence-electron chi connectivity index (χ1n) is 8.40. The Morgan fingerprint density at radius 2 is 1.88 bits per heavy atom. The summed E-state index contributed by atoms with van der Waals surface area (Å²) < 4.78 is 49.1. The van der Waals surface area contributed by atoms with Crippen molar-refractivity contribution in [3.05, 3.63) is 35.1 Å². The number of likely N-dealkylation sites (tertiary alicyclic amines) is 1. The van der Waals surface area contributed by atoms with E-state index in [1.807, 2.05) is 0 Å². The van der Waals surface area contributed by atoms with Gasteiger partial charge in [0.15, 0.2) is 0 Å². The molecule has 0 radical (unpaired) electrons. The number of carbonyl (C=O) groups excluding carboxylic acids is 1. The fourth-order valence-corrected chi connectivity index (χ4v) is 2.97. The van der Waals surface area contributed by atoms with E-state index in [2.05, 4.69) is 0 Å². The minimum Gasteiger partial charge on any atom is -0.444 e. The fraction of sp³-hybridized carbons (Fsp3) is 0.611. The molecule has 4 nitrogen and oxygen atoms in total. The van der Waals surface area contributed by atoms with Gasteiger partial charge >= 0.3 is 6.09 Å². The zero-order valence-corrected chi connectivity index (χ0v) is 14.8. The van der Waals surface area contributed by atoms with Crippen LogP contribution in [0.15, 0.2) is 18.2 Å². The van der Waals surface area contributed by atoms with Gasteiger partial charge in [0.1, 0.15) is 11.4 Å². The van der Waals surface area contributed by atoms with Crippen molar-refractivity contribution in [2.75, 3.05) is 13.1 Å². The Morgan fingerprint density at radius 1 is 1.28 bits per heavy atom. The van der Waals surface area contributed by atoms with E-state index in [-0.39, 0.29) is 38.0 Å². The molecular weight excluding hydrogens is 333 g/mol. The Labute approximate surface area is 146 Å². The summed E-state index contributed by atoms with van der Waals surface area (Å²) in [6.45, 7) is 5.44. The van der Waals surface area contributed by atoms with Gasteiger partial charge in [-0.05, 0) is 33.6 Å². The van der Waals surface area contributed by atoms with Crippen LogP contribution in [0.1, 0.15) is 44.7 Å². The molecule has 2 N–H and O–H groups in total. The van der Waals surface area contributed by atoms with Gasteiger partial charge in [-0.15, -0.1) is 0 Å². The molecule has 2 rings (SSSR count). The monoisotopic (exact) mass is 358 g/mol. The molecule has 0 spiro atoms. The minimum absolute atomic E-state index is 0.0726. The van der Waals surface area contributed by atoms with Crippen LogP contribution in [-0.2, 0) is 17.2 Å². The summed E-state index contributed by atoms with van der Waals surface area (Å²) >= 11 is 0. The first kappa shape index (κ1) is 19.6. The van der Waals surface area contributed by atoms with E-state index in [4.69, 9.17) is 10.5 Å². The Hall–Kier alpha value is -1.76. The van der Waals surface area contributed by atoms with Gasteiger partial charge in [0, 0.05) is 31.1 Å². The summed E-state index contributed by atoms with van der Waals surface area (Å²) in [5.74, 6) is -5.28. The lowest BCUT2D eigenvalue weighted by molar-refractivity contribution is -0.0885. The predicted octanol–water partition coefficient (Wildman–Crippen LogP) is 4.02. The van der Waals surface area contributed by atoms with Crippen molar-refractivity contribution in [1.29, 1.82) is 0 Å². The van der Waals surface area contributed by atoms with Crippen LogP contribution in [0.4, 0.5) is 18.0 Å². The van der Waals surface area contributed by atoms with Gasteiger partial charge in [0.05, 0.1) is 5.56 Å². The maximum atomic E-state index is 14.8. The lowest BCUT2D eigenvalue weighted by Gasteiger charge is -2.36. The second kappa shape index (κ2) is 7.23. The third kappa shape index (κ3) is 4.45. The van der Waals surface area contributed by atoms with Crippen molar-refractivity contribution in [2.24, 2.45) is 11.7 Å². The van der Waals surface area contributed by atoms with Crippen LogP contribution < -0.4 is 5.73 Å². The molecule has 1 amide bonds. The SMILES string of the molecule is CC(C)(C)OC(=O)N1CCC(C(F)(F)c2cccc(CN)c2F)CC1. The predicted molar refractivity (Wildman–Crippen MR) is 88.7 cm³/mol. The Bertz CT molecular complexity index is 621. The first-order chi connectivity index (χ1) is 11.6. The zero-order chi connectivity index (χ0) is 18.8. The molecule has 7 heteroatoms. The molecule has 140 valence electrons. The number of hydrogen-bond donors (Lipinski definition) is 1. The fourth-order valence-electron chi connectivity index (χ4n) is 2.97. The normalized spacial score (nSPS) is 16.8. The molecule has 1 aromatic carbocycles. The van der Waals surface area contributed by atoms with Crippen LogP contribution >= 0.6 is 0 Å². The summed E-state index contributed by atoms with van der Waals surface area (Å²) in [6, 6.07) is 3.90. The number of hydrogen-bond acceptors (Lipinski definition) is 3. The molecule has 25 heavy (non-hydrogen) atoms. The lowest BCUT2D eigenvalue weighted by atomic mass is 9.85. The number of halogens is 3.